The van der Waals surface area contributed by atoms with Gasteiger partial charge in [0.25, 0.3) is 0 Å². The first kappa shape index (κ1) is 13.5. The van der Waals surface area contributed by atoms with Gasteiger partial charge in [-0.15, -0.1) is 11.8 Å². The van der Waals surface area contributed by atoms with Crippen molar-refractivity contribution in [2.24, 2.45) is 0 Å². The van der Waals surface area contributed by atoms with Crippen LogP contribution in [0.25, 0.3) is 0 Å². The summed E-state index contributed by atoms with van der Waals surface area (Å²) in [5, 5.41) is 0. The van der Waals surface area contributed by atoms with Gasteiger partial charge >= 0.3 is 0 Å². The van der Waals surface area contributed by atoms with Crippen LogP contribution in [-0.4, -0.2) is 25.3 Å². The molecule has 0 bridgehead atoms. The number of hydrogen-bond acceptors (Lipinski definition) is 3. The molecule has 1 unspecified atom stereocenters. The Morgan fingerprint density at radius 1 is 1.22 bits per heavy atom. The Hall–Kier alpha value is -0.950. The molecule has 0 N–H and O–H groups in total. The minimum atomic E-state index is -0.0326. The minimum absolute atomic E-state index is 0.0326. The second kappa shape index (κ2) is 8.20. The predicted octanol–water partition coefficient (Wildman–Crippen LogP) is 3.33. The topological polar surface area (TPSA) is 18.5 Å². The van der Waals surface area contributed by atoms with Gasteiger partial charge in [-0.3, -0.25) is 0 Å². The number of ether oxygens (including phenoxy) is 2. The summed E-state index contributed by atoms with van der Waals surface area (Å²) >= 11 is 1.75. The summed E-state index contributed by atoms with van der Waals surface area (Å²) in [6, 6.07) is 10.3. The van der Waals surface area contributed by atoms with E-state index in [9.17, 15) is 0 Å². The third kappa shape index (κ3) is 5.14. The molecule has 1 atom stereocenters. The van der Waals surface area contributed by atoms with E-state index in [-0.39, 0.29) is 6.29 Å². The van der Waals surface area contributed by atoms with Gasteiger partial charge in [0.05, 0.1) is 5.75 Å². The van der Waals surface area contributed by atoms with Crippen molar-refractivity contribution >= 4 is 11.8 Å². The first-order valence-corrected chi connectivity index (χ1v) is 7.30. The second-order valence-corrected chi connectivity index (χ2v) is 5.11. The van der Waals surface area contributed by atoms with Crippen molar-refractivity contribution in [2.75, 3.05) is 19.0 Å². The van der Waals surface area contributed by atoms with Gasteiger partial charge in [0.2, 0.25) is 0 Å². The van der Waals surface area contributed by atoms with Crippen molar-refractivity contribution in [3.8, 4) is 11.8 Å². The molecule has 96 valence electrons. The lowest BCUT2D eigenvalue weighted by Gasteiger charge is -2.21. The largest absolute Gasteiger partial charge is 0.353 e. The van der Waals surface area contributed by atoms with Crippen LogP contribution < -0.4 is 0 Å². The summed E-state index contributed by atoms with van der Waals surface area (Å²) < 4.78 is 11.0. The molecule has 0 aliphatic carbocycles. The molecule has 0 saturated carbocycles. The summed E-state index contributed by atoms with van der Waals surface area (Å²) in [6.45, 7) is 1.29. The van der Waals surface area contributed by atoms with Crippen LogP contribution in [0.3, 0.4) is 0 Å². The van der Waals surface area contributed by atoms with E-state index in [1.165, 1.54) is 11.3 Å². The lowest BCUT2D eigenvalue weighted by molar-refractivity contribution is -0.154. The zero-order chi connectivity index (χ0) is 12.5. The fourth-order valence-electron chi connectivity index (χ4n) is 1.72. The van der Waals surface area contributed by atoms with Crippen LogP contribution in [0.1, 0.15) is 19.3 Å². The summed E-state index contributed by atoms with van der Waals surface area (Å²) in [5.41, 5.74) is 0. The molecule has 3 heteroatoms. The Bertz CT molecular complexity index is 388. The second-order valence-electron chi connectivity index (χ2n) is 4.06. The Kier molecular flexibility index (Phi) is 6.14. The standard InChI is InChI=1S/C15H18O2S/c1-2-8-14(9-3-1)18-13-7-6-12-17-15-10-4-5-11-16-15/h1-3,8-9,15H,4-5,10-13H2. The minimum Gasteiger partial charge on any atom is -0.353 e. The number of rotatable bonds is 4. The van der Waals surface area contributed by atoms with E-state index in [0.29, 0.717) is 6.61 Å². The van der Waals surface area contributed by atoms with Gasteiger partial charge in [0.15, 0.2) is 6.29 Å². The van der Waals surface area contributed by atoms with Gasteiger partial charge in [-0.2, -0.15) is 0 Å². The average molecular weight is 262 g/mol. The smallest absolute Gasteiger partial charge is 0.158 e. The molecule has 0 aromatic heterocycles. The van der Waals surface area contributed by atoms with Gasteiger partial charge in [-0.25, -0.2) is 0 Å². The molecule has 2 nitrogen and oxygen atoms in total. The van der Waals surface area contributed by atoms with Crippen LogP contribution in [0.2, 0.25) is 0 Å². The van der Waals surface area contributed by atoms with E-state index < -0.39 is 0 Å². The molecule has 1 aromatic rings. The highest BCUT2D eigenvalue weighted by Gasteiger charge is 2.12. The fourth-order valence-corrected chi connectivity index (χ4v) is 2.41. The Labute approximate surface area is 113 Å². The van der Waals surface area contributed by atoms with Crippen molar-refractivity contribution in [3.63, 3.8) is 0 Å². The summed E-state index contributed by atoms with van der Waals surface area (Å²) in [6.07, 6.45) is 3.32. The molecule has 1 saturated heterocycles. The highest BCUT2D eigenvalue weighted by molar-refractivity contribution is 7.99. The molecule has 0 radical (unpaired) electrons. The fraction of sp³-hybridized carbons (Fsp3) is 0.467. The van der Waals surface area contributed by atoms with Gasteiger partial charge in [0, 0.05) is 11.5 Å². The Morgan fingerprint density at radius 3 is 2.89 bits per heavy atom. The molecule has 1 heterocycles. The van der Waals surface area contributed by atoms with Crippen LogP contribution in [0, 0.1) is 11.8 Å². The number of benzene rings is 1. The van der Waals surface area contributed by atoms with E-state index in [4.69, 9.17) is 9.47 Å². The normalized spacial score (nSPS) is 19.0. The molecule has 18 heavy (non-hydrogen) atoms. The molecular formula is C15H18O2S. The SMILES string of the molecule is C(#CCSc1ccccc1)COC1CCCCO1. The number of hydrogen-bond donors (Lipinski definition) is 0. The van der Waals surface area contributed by atoms with Gasteiger partial charge in [-0.1, -0.05) is 30.0 Å². The molecule has 2 rings (SSSR count). The first-order chi connectivity index (χ1) is 8.95. The molecule has 1 aromatic carbocycles. The lowest BCUT2D eigenvalue weighted by atomic mass is 10.2. The maximum atomic E-state index is 5.53. The average Bonchev–Trinajstić information content (AvgIpc) is 2.45. The van der Waals surface area contributed by atoms with Crippen LogP contribution in [-0.2, 0) is 9.47 Å². The zero-order valence-corrected chi connectivity index (χ0v) is 11.2. The Balaban J connectivity index is 1.58. The molecule has 0 amide bonds. The molecule has 0 spiro atoms. The van der Waals surface area contributed by atoms with E-state index in [1.807, 2.05) is 18.2 Å². The van der Waals surface area contributed by atoms with Crippen molar-refractivity contribution < 1.29 is 9.47 Å². The van der Waals surface area contributed by atoms with Crippen LogP contribution in [0.15, 0.2) is 35.2 Å². The van der Waals surface area contributed by atoms with Crippen molar-refractivity contribution in [3.05, 3.63) is 30.3 Å². The number of thioether (sulfide) groups is 1. The summed E-state index contributed by atoms with van der Waals surface area (Å²) in [4.78, 5) is 1.25. The lowest BCUT2D eigenvalue weighted by Crippen LogP contribution is -2.22. The molecule has 1 aliphatic heterocycles. The van der Waals surface area contributed by atoms with Crippen molar-refractivity contribution in [1.82, 2.24) is 0 Å². The molecule has 1 fully saturated rings. The van der Waals surface area contributed by atoms with Crippen molar-refractivity contribution in [1.29, 1.82) is 0 Å². The van der Waals surface area contributed by atoms with E-state index >= 15 is 0 Å². The third-order valence-electron chi connectivity index (χ3n) is 2.66. The highest BCUT2D eigenvalue weighted by Crippen LogP contribution is 2.15. The van der Waals surface area contributed by atoms with E-state index in [2.05, 4.69) is 24.0 Å². The van der Waals surface area contributed by atoms with Gasteiger partial charge in [-0.05, 0) is 31.4 Å². The third-order valence-corrected chi connectivity index (χ3v) is 3.55. The van der Waals surface area contributed by atoms with Gasteiger partial charge in [0.1, 0.15) is 6.61 Å². The van der Waals surface area contributed by atoms with Crippen LogP contribution >= 0.6 is 11.8 Å². The maximum absolute atomic E-state index is 5.53. The van der Waals surface area contributed by atoms with Crippen LogP contribution in [0.4, 0.5) is 0 Å². The Morgan fingerprint density at radius 2 is 2.11 bits per heavy atom. The summed E-state index contributed by atoms with van der Waals surface area (Å²) in [7, 11) is 0. The van der Waals surface area contributed by atoms with E-state index in [1.54, 1.807) is 11.8 Å². The molecule has 1 aliphatic rings. The monoisotopic (exact) mass is 262 g/mol. The van der Waals surface area contributed by atoms with Crippen molar-refractivity contribution in [2.45, 2.75) is 30.4 Å². The quantitative estimate of drug-likeness (QED) is 0.612. The highest BCUT2D eigenvalue weighted by atomic mass is 32.2. The predicted molar refractivity (Wildman–Crippen MR) is 74.5 cm³/mol. The van der Waals surface area contributed by atoms with E-state index in [0.717, 1.165) is 25.2 Å². The van der Waals surface area contributed by atoms with Gasteiger partial charge < -0.3 is 9.47 Å². The first-order valence-electron chi connectivity index (χ1n) is 6.32. The zero-order valence-electron chi connectivity index (χ0n) is 10.4. The summed E-state index contributed by atoms with van der Waals surface area (Å²) in [5.74, 6) is 6.94. The molecular weight excluding hydrogens is 244 g/mol. The maximum Gasteiger partial charge on any atom is 0.158 e. The van der Waals surface area contributed by atoms with Crippen LogP contribution in [0.5, 0.6) is 0 Å².